The van der Waals surface area contributed by atoms with E-state index in [4.69, 9.17) is 23.2 Å². The van der Waals surface area contributed by atoms with E-state index in [1.54, 1.807) is 6.20 Å². The monoisotopic (exact) mass is 322 g/mol. The Balaban J connectivity index is 1.88. The van der Waals surface area contributed by atoms with Gasteiger partial charge in [0.2, 0.25) is 0 Å². The van der Waals surface area contributed by atoms with Gasteiger partial charge in [0.1, 0.15) is 11.3 Å². The van der Waals surface area contributed by atoms with Crippen LogP contribution in [0.15, 0.2) is 36.7 Å². The molecule has 0 saturated heterocycles. The van der Waals surface area contributed by atoms with Gasteiger partial charge < -0.3 is 4.57 Å². The molecular formula is C15H16Cl2N4. The van der Waals surface area contributed by atoms with Gasteiger partial charge in [-0.05, 0) is 31.5 Å². The van der Waals surface area contributed by atoms with Crippen molar-refractivity contribution >= 4 is 34.2 Å². The average Bonchev–Trinajstić information content (AvgIpc) is 3.08. The number of benzene rings is 1. The zero-order chi connectivity index (χ0) is 14.8. The Bertz CT molecular complexity index is 732. The minimum Gasteiger partial charge on any atom is -0.327 e. The number of hydrogen-bond donors (Lipinski definition) is 0. The van der Waals surface area contributed by atoms with Crippen LogP contribution in [0.1, 0.15) is 24.5 Å². The first-order valence-corrected chi connectivity index (χ1v) is 7.74. The number of halogens is 2. The number of aryl methyl sites for hydroxylation is 2. The highest BCUT2D eigenvalue weighted by atomic mass is 35.5. The summed E-state index contributed by atoms with van der Waals surface area (Å²) in [6, 6.07) is 7.76. The maximum absolute atomic E-state index is 6.27. The fraction of sp³-hybridized carbons (Fsp3) is 0.333. The summed E-state index contributed by atoms with van der Waals surface area (Å²) in [7, 11) is 0. The first-order chi connectivity index (χ1) is 10.2. The lowest BCUT2D eigenvalue weighted by atomic mass is 10.3. The highest BCUT2D eigenvalue weighted by Gasteiger charge is 2.16. The van der Waals surface area contributed by atoms with Gasteiger partial charge in [-0.15, -0.1) is 11.6 Å². The Morgan fingerprint density at radius 3 is 2.81 bits per heavy atom. The molecule has 1 atom stereocenters. The minimum absolute atomic E-state index is 0.154. The summed E-state index contributed by atoms with van der Waals surface area (Å²) in [5, 5.41) is 4.72. The van der Waals surface area contributed by atoms with Crippen LogP contribution in [-0.2, 0) is 13.1 Å². The smallest absolute Gasteiger partial charge is 0.127 e. The van der Waals surface area contributed by atoms with Crippen molar-refractivity contribution in [3.63, 3.8) is 0 Å². The van der Waals surface area contributed by atoms with Crippen molar-refractivity contribution in [2.24, 2.45) is 0 Å². The third-order valence-corrected chi connectivity index (χ3v) is 3.94. The molecule has 110 valence electrons. The highest BCUT2D eigenvalue weighted by Crippen LogP contribution is 2.28. The van der Waals surface area contributed by atoms with Crippen molar-refractivity contribution < 1.29 is 0 Å². The molecule has 0 spiro atoms. The van der Waals surface area contributed by atoms with Crippen LogP contribution in [0, 0.1) is 0 Å². The van der Waals surface area contributed by atoms with Crippen molar-refractivity contribution in [1.29, 1.82) is 0 Å². The van der Waals surface area contributed by atoms with E-state index in [0.717, 1.165) is 36.4 Å². The standard InChI is InChI=1S/C15H16Cl2N4/c1-11(16)15-19-14-12(17)5-2-6-13(14)21(15)10-4-9-20-8-3-7-18-20/h2-3,5-8,11H,4,9-10H2,1H3. The van der Waals surface area contributed by atoms with E-state index < -0.39 is 0 Å². The maximum Gasteiger partial charge on any atom is 0.127 e. The predicted octanol–water partition coefficient (Wildman–Crippen LogP) is 4.28. The molecule has 0 bridgehead atoms. The molecule has 2 heterocycles. The Hall–Kier alpha value is -1.52. The van der Waals surface area contributed by atoms with Crippen molar-refractivity contribution in [2.45, 2.75) is 31.8 Å². The van der Waals surface area contributed by atoms with E-state index in [0.29, 0.717) is 5.02 Å². The molecule has 3 rings (SSSR count). The highest BCUT2D eigenvalue weighted by molar-refractivity contribution is 6.35. The molecule has 1 aromatic carbocycles. The number of hydrogen-bond acceptors (Lipinski definition) is 2. The van der Waals surface area contributed by atoms with E-state index in [1.165, 1.54) is 0 Å². The Morgan fingerprint density at radius 2 is 2.10 bits per heavy atom. The summed E-state index contributed by atoms with van der Waals surface area (Å²) in [6.07, 6.45) is 4.71. The van der Waals surface area contributed by atoms with Crippen LogP contribution in [0.4, 0.5) is 0 Å². The Kier molecular flexibility index (Phi) is 4.17. The average molecular weight is 323 g/mol. The van der Waals surface area contributed by atoms with Crippen molar-refractivity contribution in [3.05, 3.63) is 47.5 Å². The quantitative estimate of drug-likeness (QED) is 0.657. The molecule has 21 heavy (non-hydrogen) atoms. The van der Waals surface area contributed by atoms with Gasteiger partial charge in [-0.25, -0.2) is 4.98 Å². The van der Waals surface area contributed by atoms with Gasteiger partial charge >= 0.3 is 0 Å². The molecule has 2 aromatic heterocycles. The van der Waals surface area contributed by atoms with Crippen molar-refractivity contribution in [1.82, 2.24) is 19.3 Å². The number of fused-ring (bicyclic) bond motifs is 1. The van der Waals surface area contributed by atoms with Gasteiger partial charge in [-0.1, -0.05) is 17.7 Å². The zero-order valence-corrected chi connectivity index (χ0v) is 13.2. The lowest BCUT2D eigenvalue weighted by molar-refractivity contribution is 0.523. The second-order valence-corrected chi connectivity index (χ2v) is 6.03. The lowest BCUT2D eigenvalue weighted by Gasteiger charge is -2.10. The van der Waals surface area contributed by atoms with Gasteiger partial charge in [-0.2, -0.15) is 5.10 Å². The summed E-state index contributed by atoms with van der Waals surface area (Å²) < 4.78 is 4.08. The van der Waals surface area contributed by atoms with Crippen LogP contribution in [0.5, 0.6) is 0 Å². The molecule has 0 radical (unpaired) electrons. The number of nitrogens with zero attached hydrogens (tertiary/aromatic N) is 4. The summed E-state index contributed by atoms with van der Waals surface area (Å²) in [5.74, 6) is 0.861. The first kappa shape index (κ1) is 14.4. The molecule has 0 fully saturated rings. The molecule has 0 aliphatic rings. The van der Waals surface area contributed by atoms with Crippen LogP contribution >= 0.6 is 23.2 Å². The summed E-state index contributed by atoms with van der Waals surface area (Å²) in [6.45, 7) is 3.63. The molecule has 0 aliphatic heterocycles. The van der Waals surface area contributed by atoms with Crippen molar-refractivity contribution in [3.8, 4) is 0 Å². The molecule has 3 aromatic rings. The van der Waals surface area contributed by atoms with Gasteiger partial charge in [-0.3, -0.25) is 4.68 Å². The van der Waals surface area contributed by atoms with E-state index in [2.05, 4.69) is 14.6 Å². The van der Waals surface area contributed by atoms with Gasteiger partial charge in [0.05, 0.1) is 15.9 Å². The number of para-hydroxylation sites is 1. The lowest BCUT2D eigenvalue weighted by Crippen LogP contribution is -2.08. The molecule has 0 amide bonds. The fourth-order valence-corrected chi connectivity index (χ4v) is 2.87. The first-order valence-electron chi connectivity index (χ1n) is 6.93. The van der Waals surface area contributed by atoms with Crippen LogP contribution in [-0.4, -0.2) is 19.3 Å². The fourth-order valence-electron chi connectivity index (χ4n) is 2.49. The normalized spacial score (nSPS) is 12.9. The molecule has 6 heteroatoms. The van der Waals surface area contributed by atoms with Crippen LogP contribution in [0.3, 0.4) is 0 Å². The summed E-state index contributed by atoms with van der Waals surface area (Å²) >= 11 is 12.5. The molecule has 0 aliphatic carbocycles. The van der Waals surface area contributed by atoms with Gasteiger partial charge in [0, 0.05) is 25.5 Å². The van der Waals surface area contributed by atoms with E-state index >= 15 is 0 Å². The predicted molar refractivity (Wildman–Crippen MR) is 85.9 cm³/mol. The molecule has 0 N–H and O–H groups in total. The second-order valence-electron chi connectivity index (χ2n) is 4.97. The topological polar surface area (TPSA) is 35.6 Å². The third kappa shape index (κ3) is 2.92. The second kappa shape index (κ2) is 6.08. The van der Waals surface area contributed by atoms with E-state index in [9.17, 15) is 0 Å². The molecule has 1 unspecified atom stereocenters. The summed E-state index contributed by atoms with van der Waals surface area (Å²) in [5.41, 5.74) is 1.85. The SMILES string of the molecule is CC(Cl)c1nc2c(Cl)cccc2n1CCCn1cccn1. The molecule has 0 saturated carbocycles. The van der Waals surface area contributed by atoms with Gasteiger partial charge in [0.25, 0.3) is 0 Å². The third-order valence-electron chi connectivity index (χ3n) is 3.44. The summed E-state index contributed by atoms with van der Waals surface area (Å²) in [4.78, 5) is 4.60. The van der Waals surface area contributed by atoms with Crippen LogP contribution < -0.4 is 0 Å². The zero-order valence-electron chi connectivity index (χ0n) is 11.7. The molecular weight excluding hydrogens is 307 g/mol. The number of alkyl halides is 1. The van der Waals surface area contributed by atoms with Crippen molar-refractivity contribution in [2.75, 3.05) is 0 Å². The van der Waals surface area contributed by atoms with E-state index in [-0.39, 0.29) is 5.38 Å². The number of rotatable bonds is 5. The molecule has 4 nitrogen and oxygen atoms in total. The Labute approximate surface area is 133 Å². The van der Waals surface area contributed by atoms with Crippen LogP contribution in [0.25, 0.3) is 11.0 Å². The minimum atomic E-state index is -0.154. The van der Waals surface area contributed by atoms with Crippen LogP contribution in [0.2, 0.25) is 5.02 Å². The van der Waals surface area contributed by atoms with E-state index in [1.807, 2.05) is 42.1 Å². The number of aromatic nitrogens is 4. The number of imidazole rings is 1. The van der Waals surface area contributed by atoms with Gasteiger partial charge in [0.15, 0.2) is 0 Å². The maximum atomic E-state index is 6.27. The largest absolute Gasteiger partial charge is 0.327 e. The Morgan fingerprint density at radius 1 is 1.24 bits per heavy atom.